The highest BCUT2D eigenvalue weighted by Crippen LogP contribution is 2.17. The van der Waals surface area contributed by atoms with E-state index in [2.05, 4.69) is 10.6 Å². The molecule has 2 atom stereocenters. The van der Waals surface area contributed by atoms with E-state index in [-0.39, 0.29) is 31.1 Å². The summed E-state index contributed by atoms with van der Waals surface area (Å²) < 4.78 is 5.43. The summed E-state index contributed by atoms with van der Waals surface area (Å²) in [7, 11) is 0. The molecule has 1 aromatic rings. The Morgan fingerprint density at radius 1 is 1.38 bits per heavy atom. The number of carbonyl (C=O) groups is 1. The van der Waals surface area contributed by atoms with Crippen LogP contribution in [0.1, 0.15) is 20.8 Å². The summed E-state index contributed by atoms with van der Waals surface area (Å²) in [4.78, 5) is 11.7. The number of halogens is 1. The van der Waals surface area contributed by atoms with Crippen molar-refractivity contribution < 1.29 is 14.6 Å². The highest BCUT2D eigenvalue weighted by molar-refractivity contribution is 6.30. The van der Waals surface area contributed by atoms with Crippen molar-refractivity contribution in [1.82, 2.24) is 10.6 Å². The standard InChI is InChI=1S/C15H23ClN2O3/c1-10(2)18-15(20)11(3)17-8-13(19)9-21-14-6-4-5-12(16)7-14/h4-7,10-11,13,17,19H,8-9H2,1-3H3,(H,18,20). The van der Waals surface area contributed by atoms with Gasteiger partial charge in [0.25, 0.3) is 0 Å². The zero-order valence-corrected chi connectivity index (χ0v) is 13.4. The summed E-state index contributed by atoms with van der Waals surface area (Å²) >= 11 is 5.84. The van der Waals surface area contributed by atoms with Crippen LogP contribution in [0, 0.1) is 0 Å². The van der Waals surface area contributed by atoms with Crippen LogP contribution in [-0.4, -0.2) is 42.4 Å². The summed E-state index contributed by atoms with van der Waals surface area (Å²) in [5, 5.41) is 16.2. The van der Waals surface area contributed by atoms with E-state index < -0.39 is 6.10 Å². The minimum atomic E-state index is -0.710. The van der Waals surface area contributed by atoms with Crippen LogP contribution in [0.3, 0.4) is 0 Å². The normalized spacial score (nSPS) is 13.8. The van der Waals surface area contributed by atoms with Crippen LogP contribution < -0.4 is 15.4 Å². The summed E-state index contributed by atoms with van der Waals surface area (Å²) in [6.07, 6.45) is -0.710. The van der Waals surface area contributed by atoms with Gasteiger partial charge in [0.15, 0.2) is 0 Å². The van der Waals surface area contributed by atoms with Gasteiger partial charge in [-0.05, 0) is 39.0 Å². The van der Waals surface area contributed by atoms with E-state index in [1.165, 1.54) is 0 Å². The minimum absolute atomic E-state index is 0.0899. The molecular weight excluding hydrogens is 292 g/mol. The second-order valence-electron chi connectivity index (χ2n) is 5.22. The molecule has 0 aliphatic rings. The van der Waals surface area contributed by atoms with Crippen molar-refractivity contribution in [2.75, 3.05) is 13.2 Å². The van der Waals surface area contributed by atoms with E-state index >= 15 is 0 Å². The topological polar surface area (TPSA) is 70.6 Å². The van der Waals surface area contributed by atoms with E-state index in [1.54, 1.807) is 31.2 Å². The van der Waals surface area contributed by atoms with Crippen molar-refractivity contribution in [3.8, 4) is 5.75 Å². The monoisotopic (exact) mass is 314 g/mol. The fourth-order valence-corrected chi connectivity index (χ4v) is 1.80. The lowest BCUT2D eigenvalue weighted by atomic mass is 10.2. The summed E-state index contributed by atoms with van der Waals surface area (Å²) in [6, 6.07) is 6.71. The number of carbonyl (C=O) groups excluding carboxylic acids is 1. The Morgan fingerprint density at radius 3 is 2.71 bits per heavy atom. The van der Waals surface area contributed by atoms with Crippen molar-refractivity contribution in [2.24, 2.45) is 0 Å². The number of aliphatic hydroxyl groups is 1. The molecular formula is C15H23ClN2O3. The summed E-state index contributed by atoms with van der Waals surface area (Å²) in [5.41, 5.74) is 0. The predicted molar refractivity (Wildman–Crippen MR) is 83.7 cm³/mol. The molecule has 21 heavy (non-hydrogen) atoms. The Morgan fingerprint density at radius 2 is 2.10 bits per heavy atom. The van der Waals surface area contributed by atoms with Gasteiger partial charge >= 0.3 is 0 Å². The first kappa shape index (κ1) is 17.8. The Kier molecular flexibility index (Phi) is 7.50. The molecule has 1 rings (SSSR count). The third kappa shape index (κ3) is 7.32. The zero-order chi connectivity index (χ0) is 15.8. The van der Waals surface area contributed by atoms with Gasteiger partial charge in [0.1, 0.15) is 18.5 Å². The van der Waals surface area contributed by atoms with Gasteiger partial charge in [0, 0.05) is 17.6 Å². The lowest BCUT2D eigenvalue weighted by Gasteiger charge is -2.18. The minimum Gasteiger partial charge on any atom is -0.491 e. The van der Waals surface area contributed by atoms with Crippen molar-refractivity contribution >= 4 is 17.5 Å². The molecule has 0 heterocycles. The van der Waals surface area contributed by atoms with Crippen LogP contribution in [0.4, 0.5) is 0 Å². The maximum atomic E-state index is 11.7. The number of ether oxygens (including phenoxy) is 1. The molecule has 0 fully saturated rings. The largest absolute Gasteiger partial charge is 0.491 e. The quantitative estimate of drug-likeness (QED) is 0.681. The third-order valence-corrected chi connectivity index (χ3v) is 2.96. The third-order valence-electron chi connectivity index (χ3n) is 2.72. The lowest BCUT2D eigenvalue weighted by molar-refractivity contribution is -0.123. The van der Waals surface area contributed by atoms with Gasteiger partial charge in [-0.15, -0.1) is 0 Å². The first-order valence-corrected chi connectivity index (χ1v) is 7.36. The van der Waals surface area contributed by atoms with E-state index in [9.17, 15) is 9.90 Å². The number of rotatable bonds is 8. The molecule has 118 valence electrons. The number of benzene rings is 1. The molecule has 0 bridgehead atoms. The highest BCUT2D eigenvalue weighted by atomic mass is 35.5. The molecule has 0 aliphatic heterocycles. The van der Waals surface area contributed by atoms with Gasteiger partial charge in [-0.3, -0.25) is 4.79 Å². The van der Waals surface area contributed by atoms with Gasteiger partial charge in [0.2, 0.25) is 5.91 Å². The van der Waals surface area contributed by atoms with Gasteiger partial charge in [-0.1, -0.05) is 17.7 Å². The Hall–Kier alpha value is -1.30. The van der Waals surface area contributed by atoms with E-state index in [1.807, 2.05) is 13.8 Å². The molecule has 0 aliphatic carbocycles. The maximum Gasteiger partial charge on any atom is 0.237 e. The van der Waals surface area contributed by atoms with Crippen molar-refractivity contribution in [1.29, 1.82) is 0 Å². The second-order valence-corrected chi connectivity index (χ2v) is 5.65. The van der Waals surface area contributed by atoms with Gasteiger partial charge in [0.05, 0.1) is 6.04 Å². The van der Waals surface area contributed by atoms with Crippen LogP contribution in [0.5, 0.6) is 5.75 Å². The van der Waals surface area contributed by atoms with Gasteiger partial charge in [-0.25, -0.2) is 0 Å². The molecule has 1 amide bonds. The average Bonchev–Trinajstić information content (AvgIpc) is 2.41. The second kappa shape index (κ2) is 8.87. The highest BCUT2D eigenvalue weighted by Gasteiger charge is 2.15. The number of aliphatic hydroxyl groups excluding tert-OH is 1. The first-order chi connectivity index (χ1) is 9.88. The molecule has 0 spiro atoms. The fraction of sp³-hybridized carbons (Fsp3) is 0.533. The molecule has 0 radical (unpaired) electrons. The Bertz CT molecular complexity index is 454. The first-order valence-electron chi connectivity index (χ1n) is 6.98. The van der Waals surface area contributed by atoms with Crippen LogP contribution in [0.15, 0.2) is 24.3 Å². The van der Waals surface area contributed by atoms with E-state index in [0.717, 1.165) is 0 Å². The lowest BCUT2D eigenvalue weighted by Crippen LogP contribution is -2.47. The smallest absolute Gasteiger partial charge is 0.237 e. The fourth-order valence-electron chi connectivity index (χ4n) is 1.62. The van der Waals surface area contributed by atoms with E-state index in [4.69, 9.17) is 16.3 Å². The maximum absolute atomic E-state index is 11.7. The molecule has 6 heteroatoms. The summed E-state index contributed by atoms with van der Waals surface area (Å²) in [6.45, 7) is 5.96. The molecule has 0 saturated carbocycles. The molecule has 5 nitrogen and oxygen atoms in total. The van der Waals surface area contributed by atoms with Crippen molar-refractivity contribution in [2.45, 2.75) is 39.0 Å². The molecule has 0 aromatic heterocycles. The number of nitrogens with one attached hydrogen (secondary N) is 2. The van der Waals surface area contributed by atoms with E-state index in [0.29, 0.717) is 10.8 Å². The molecule has 2 unspecified atom stereocenters. The Labute approximate surface area is 130 Å². The van der Waals surface area contributed by atoms with Crippen molar-refractivity contribution in [3.63, 3.8) is 0 Å². The van der Waals surface area contributed by atoms with Gasteiger partial charge < -0.3 is 20.5 Å². The van der Waals surface area contributed by atoms with Crippen LogP contribution in [0.2, 0.25) is 5.02 Å². The number of amides is 1. The molecule has 3 N–H and O–H groups in total. The SMILES string of the molecule is CC(C)NC(=O)C(C)NCC(O)COc1cccc(Cl)c1. The van der Waals surface area contributed by atoms with Crippen LogP contribution >= 0.6 is 11.6 Å². The Balaban J connectivity index is 2.27. The van der Waals surface area contributed by atoms with Crippen molar-refractivity contribution in [3.05, 3.63) is 29.3 Å². The summed E-state index contributed by atoms with van der Waals surface area (Å²) in [5.74, 6) is 0.514. The average molecular weight is 315 g/mol. The molecule has 0 saturated heterocycles. The number of hydrogen-bond acceptors (Lipinski definition) is 4. The predicted octanol–water partition coefficient (Wildman–Crippen LogP) is 1.58. The zero-order valence-electron chi connectivity index (χ0n) is 12.6. The van der Waals surface area contributed by atoms with Crippen LogP contribution in [0.25, 0.3) is 0 Å². The van der Waals surface area contributed by atoms with Crippen LogP contribution in [-0.2, 0) is 4.79 Å². The number of hydrogen-bond donors (Lipinski definition) is 3. The van der Waals surface area contributed by atoms with Gasteiger partial charge in [-0.2, -0.15) is 0 Å². The molecule has 1 aromatic carbocycles.